The van der Waals surface area contributed by atoms with Crippen molar-refractivity contribution in [1.29, 1.82) is 0 Å². The Balaban J connectivity index is 0.00000128. The van der Waals surface area contributed by atoms with Crippen molar-refractivity contribution < 1.29 is 28.8 Å². The van der Waals surface area contributed by atoms with Gasteiger partial charge in [0.05, 0.1) is 11.7 Å². The van der Waals surface area contributed by atoms with Crippen molar-refractivity contribution in [2.24, 2.45) is 0 Å². The van der Waals surface area contributed by atoms with Gasteiger partial charge in [-0.05, 0) is 23.8 Å². The molecule has 0 aliphatic carbocycles. The van der Waals surface area contributed by atoms with Crippen molar-refractivity contribution in [2.75, 3.05) is 0 Å². The largest absolute Gasteiger partial charge is 1.00 e. The molecule has 0 radical (unpaired) electrons. The number of carbonyl (C=O) groups excluding carboxylic acids is 1. The molecule has 4 nitrogen and oxygen atoms in total. The zero-order chi connectivity index (χ0) is 10.7. The normalized spacial score (nSPS) is 9.25. The topological polar surface area (TPSA) is 65.9 Å². The number of aromatic carboxylic acids is 1. The van der Waals surface area contributed by atoms with Gasteiger partial charge < -0.3 is 9.90 Å². The number of aromatic nitrogens is 2. The zero-order valence-electron chi connectivity index (χ0n) is 8.75. The van der Waals surface area contributed by atoms with E-state index >= 15 is 0 Å². The SMILES string of the molecule is O=C([O-])c1ccc(-c2ccncc2)cn1.[Li+]. The van der Waals surface area contributed by atoms with Gasteiger partial charge in [0.15, 0.2) is 0 Å². The summed E-state index contributed by atoms with van der Waals surface area (Å²) in [5.74, 6) is -1.27. The Bertz CT molecular complexity index is 471. The molecule has 2 heterocycles. The molecule has 0 atom stereocenters. The summed E-state index contributed by atoms with van der Waals surface area (Å²) in [5, 5.41) is 10.5. The molecule has 2 aromatic heterocycles. The van der Waals surface area contributed by atoms with Crippen molar-refractivity contribution >= 4 is 5.97 Å². The number of carboxylic acids is 1. The molecule has 2 rings (SSSR count). The molecule has 0 unspecified atom stereocenters. The van der Waals surface area contributed by atoms with Gasteiger partial charge in [-0.1, -0.05) is 6.07 Å². The Morgan fingerprint density at radius 1 is 1.06 bits per heavy atom. The van der Waals surface area contributed by atoms with Gasteiger partial charge in [0.25, 0.3) is 0 Å². The van der Waals surface area contributed by atoms with Gasteiger partial charge in [-0.2, -0.15) is 0 Å². The Hall–Kier alpha value is -1.63. The van der Waals surface area contributed by atoms with E-state index in [-0.39, 0.29) is 24.6 Å². The monoisotopic (exact) mass is 206 g/mol. The van der Waals surface area contributed by atoms with Crippen molar-refractivity contribution in [3.8, 4) is 11.1 Å². The van der Waals surface area contributed by atoms with Gasteiger partial charge in [-0.15, -0.1) is 0 Å². The summed E-state index contributed by atoms with van der Waals surface area (Å²) in [7, 11) is 0. The average Bonchev–Trinajstić information content (AvgIpc) is 2.30. The molecule has 0 aliphatic rings. The molecule has 0 saturated carbocycles. The van der Waals surface area contributed by atoms with Crippen LogP contribution in [-0.4, -0.2) is 15.9 Å². The van der Waals surface area contributed by atoms with E-state index in [0.29, 0.717) is 0 Å². The Kier molecular flexibility index (Phi) is 4.24. The number of rotatable bonds is 2. The van der Waals surface area contributed by atoms with Crippen molar-refractivity contribution in [3.05, 3.63) is 48.5 Å². The van der Waals surface area contributed by atoms with Crippen molar-refractivity contribution in [3.63, 3.8) is 0 Å². The molecular formula is C11H7LiN2O2. The average molecular weight is 206 g/mol. The fourth-order valence-corrected chi connectivity index (χ4v) is 1.23. The zero-order valence-corrected chi connectivity index (χ0v) is 8.75. The van der Waals surface area contributed by atoms with Gasteiger partial charge in [0, 0.05) is 24.2 Å². The number of pyridine rings is 2. The van der Waals surface area contributed by atoms with E-state index in [2.05, 4.69) is 9.97 Å². The molecule has 0 aliphatic heterocycles. The predicted molar refractivity (Wildman–Crippen MR) is 51.8 cm³/mol. The minimum Gasteiger partial charge on any atom is -0.543 e. The van der Waals surface area contributed by atoms with E-state index in [1.165, 1.54) is 12.3 Å². The van der Waals surface area contributed by atoms with Crippen LogP contribution in [0, 0.1) is 0 Å². The van der Waals surface area contributed by atoms with Crippen LogP contribution >= 0.6 is 0 Å². The van der Waals surface area contributed by atoms with Crippen LogP contribution in [-0.2, 0) is 0 Å². The van der Waals surface area contributed by atoms with Crippen LogP contribution in [0.4, 0.5) is 0 Å². The fraction of sp³-hybridized carbons (Fsp3) is 0. The molecular weight excluding hydrogens is 199 g/mol. The van der Waals surface area contributed by atoms with Crippen LogP contribution in [0.25, 0.3) is 11.1 Å². The minimum absolute atomic E-state index is 0. The summed E-state index contributed by atoms with van der Waals surface area (Å²) >= 11 is 0. The molecule has 0 bridgehead atoms. The molecule has 0 spiro atoms. The third-order valence-corrected chi connectivity index (χ3v) is 1.99. The van der Waals surface area contributed by atoms with Crippen LogP contribution in [0.1, 0.15) is 10.5 Å². The van der Waals surface area contributed by atoms with E-state index in [1.807, 2.05) is 12.1 Å². The van der Waals surface area contributed by atoms with E-state index in [4.69, 9.17) is 0 Å². The van der Waals surface area contributed by atoms with E-state index < -0.39 is 5.97 Å². The first-order valence-corrected chi connectivity index (χ1v) is 4.35. The smallest absolute Gasteiger partial charge is 0.543 e. The number of hydrogen-bond donors (Lipinski definition) is 0. The Morgan fingerprint density at radius 2 is 1.75 bits per heavy atom. The summed E-state index contributed by atoms with van der Waals surface area (Å²) in [6.07, 6.45) is 4.84. The Labute approximate surface area is 105 Å². The molecule has 0 aromatic carbocycles. The second kappa shape index (κ2) is 5.45. The van der Waals surface area contributed by atoms with Crippen LogP contribution in [0.2, 0.25) is 0 Å². The third-order valence-electron chi connectivity index (χ3n) is 1.99. The Morgan fingerprint density at radius 3 is 2.25 bits per heavy atom. The van der Waals surface area contributed by atoms with Crippen molar-refractivity contribution in [1.82, 2.24) is 9.97 Å². The summed E-state index contributed by atoms with van der Waals surface area (Å²) < 4.78 is 0. The molecule has 2 aromatic rings. The van der Waals surface area contributed by atoms with Gasteiger partial charge in [-0.25, -0.2) is 0 Å². The third kappa shape index (κ3) is 2.69. The minimum atomic E-state index is -1.27. The summed E-state index contributed by atoms with van der Waals surface area (Å²) in [4.78, 5) is 18.1. The second-order valence-corrected chi connectivity index (χ2v) is 2.96. The molecule has 0 amide bonds. The summed E-state index contributed by atoms with van der Waals surface area (Å²) in [6, 6.07) is 6.77. The van der Waals surface area contributed by atoms with Gasteiger partial charge in [0.2, 0.25) is 0 Å². The molecule has 5 heteroatoms. The number of carboxylic acid groups (broad SMARTS) is 1. The maximum absolute atomic E-state index is 10.5. The van der Waals surface area contributed by atoms with Gasteiger partial charge in [-0.3, -0.25) is 9.97 Å². The maximum Gasteiger partial charge on any atom is 1.00 e. The van der Waals surface area contributed by atoms with Crippen LogP contribution in [0.3, 0.4) is 0 Å². The first kappa shape index (κ1) is 12.4. The van der Waals surface area contributed by atoms with Crippen LogP contribution in [0.5, 0.6) is 0 Å². The van der Waals surface area contributed by atoms with E-state index in [1.54, 1.807) is 18.5 Å². The first-order valence-electron chi connectivity index (χ1n) is 4.35. The summed E-state index contributed by atoms with van der Waals surface area (Å²) in [6.45, 7) is 0. The molecule has 0 N–H and O–H groups in total. The van der Waals surface area contributed by atoms with Crippen LogP contribution in [0.15, 0.2) is 42.9 Å². The molecule has 16 heavy (non-hydrogen) atoms. The number of nitrogens with zero attached hydrogens (tertiary/aromatic N) is 2. The second-order valence-electron chi connectivity index (χ2n) is 2.96. The first-order chi connectivity index (χ1) is 7.27. The standard InChI is InChI=1S/C11H8N2O2.Li/c14-11(15)10-2-1-9(7-13-10)8-3-5-12-6-4-8;/h1-7H,(H,14,15);/q;+1/p-1. The fourth-order valence-electron chi connectivity index (χ4n) is 1.23. The maximum atomic E-state index is 10.5. The molecule has 0 fully saturated rings. The number of carbonyl (C=O) groups is 1. The summed E-state index contributed by atoms with van der Waals surface area (Å²) in [5.41, 5.74) is 1.73. The van der Waals surface area contributed by atoms with E-state index in [0.717, 1.165) is 11.1 Å². The number of hydrogen-bond acceptors (Lipinski definition) is 4. The predicted octanol–water partition coefficient (Wildman–Crippen LogP) is -2.49. The van der Waals surface area contributed by atoms with Gasteiger partial charge >= 0.3 is 18.9 Å². The van der Waals surface area contributed by atoms with Crippen LogP contribution < -0.4 is 24.0 Å². The quantitative estimate of drug-likeness (QED) is 0.510. The van der Waals surface area contributed by atoms with Gasteiger partial charge in [0.1, 0.15) is 0 Å². The molecule has 74 valence electrons. The van der Waals surface area contributed by atoms with E-state index in [9.17, 15) is 9.90 Å². The molecule has 0 saturated heterocycles. The van der Waals surface area contributed by atoms with Crippen molar-refractivity contribution in [2.45, 2.75) is 0 Å².